The van der Waals surface area contributed by atoms with Crippen LogP contribution in [-0.4, -0.2) is 16.5 Å². The van der Waals surface area contributed by atoms with E-state index in [-0.39, 0.29) is 6.04 Å². The van der Waals surface area contributed by atoms with E-state index in [4.69, 9.17) is 4.42 Å². The van der Waals surface area contributed by atoms with Crippen molar-refractivity contribution >= 4 is 11.0 Å². The number of para-hydroxylation sites is 1. The summed E-state index contributed by atoms with van der Waals surface area (Å²) < 4.78 is 5.82. The Hall–Kier alpha value is -2.20. The van der Waals surface area contributed by atoms with E-state index in [1.165, 1.54) is 0 Å². The van der Waals surface area contributed by atoms with Gasteiger partial charge >= 0.3 is 0 Å². The Bertz CT molecular complexity index is 731. The van der Waals surface area contributed by atoms with Crippen LogP contribution in [0.1, 0.15) is 31.1 Å². The first-order chi connectivity index (χ1) is 10.2. The van der Waals surface area contributed by atoms with Gasteiger partial charge in [-0.05, 0) is 32.5 Å². The molecule has 0 aliphatic heterocycles. The molecule has 0 aliphatic carbocycles. The van der Waals surface area contributed by atoms with Crippen LogP contribution in [-0.2, 0) is 0 Å². The van der Waals surface area contributed by atoms with Crippen molar-refractivity contribution in [3.05, 3.63) is 47.8 Å². The molecular weight excluding hydrogens is 262 g/mol. The third kappa shape index (κ3) is 2.67. The van der Waals surface area contributed by atoms with Gasteiger partial charge in [0.05, 0.1) is 0 Å². The van der Waals surface area contributed by atoms with Crippen molar-refractivity contribution < 1.29 is 4.42 Å². The minimum atomic E-state index is 0.250. The van der Waals surface area contributed by atoms with Gasteiger partial charge in [0.15, 0.2) is 11.6 Å². The predicted molar refractivity (Wildman–Crippen MR) is 84.1 cm³/mol. The zero-order chi connectivity index (χ0) is 14.8. The molecule has 0 bridgehead atoms. The maximum Gasteiger partial charge on any atom is 0.195 e. The van der Waals surface area contributed by atoms with Gasteiger partial charge in [-0.2, -0.15) is 0 Å². The molecule has 2 aromatic heterocycles. The van der Waals surface area contributed by atoms with Crippen LogP contribution < -0.4 is 5.32 Å². The number of aromatic nitrogens is 2. The van der Waals surface area contributed by atoms with Crippen LogP contribution in [0, 0.1) is 6.92 Å². The highest BCUT2D eigenvalue weighted by molar-refractivity contribution is 5.81. The van der Waals surface area contributed by atoms with Crippen molar-refractivity contribution in [1.82, 2.24) is 15.3 Å². The summed E-state index contributed by atoms with van der Waals surface area (Å²) in [6.45, 7) is 7.15. The largest absolute Gasteiger partial charge is 0.453 e. The third-order valence-electron chi connectivity index (χ3n) is 3.64. The number of hydrogen-bond donors (Lipinski definition) is 1. The molecule has 1 atom stereocenters. The van der Waals surface area contributed by atoms with E-state index in [1.54, 1.807) is 0 Å². The molecule has 0 aliphatic rings. The van der Waals surface area contributed by atoms with Crippen LogP contribution in [0.2, 0.25) is 0 Å². The molecule has 0 saturated heterocycles. The molecule has 0 saturated carbocycles. The fourth-order valence-electron chi connectivity index (χ4n) is 2.53. The fraction of sp³-hybridized carbons (Fsp3) is 0.294. The van der Waals surface area contributed by atoms with E-state index in [2.05, 4.69) is 29.1 Å². The summed E-state index contributed by atoms with van der Waals surface area (Å²) in [7, 11) is 0. The summed E-state index contributed by atoms with van der Waals surface area (Å²) in [5.74, 6) is 1.35. The van der Waals surface area contributed by atoms with Crippen molar-refractivity contribution in [3.63, 3.8) is 0 Å². The van der Waals surface area contributed by atoms with E-state index in [0.717, 1.165) is 28.8 Å². The average molecular weight is 281 g/mol. The van der Waals surface area contributed by atoms with Gasteiger partial charge in [0.25, 0.3) is 0 Å². The Morgan fingerprint density at radius 1 is 1.29 bits per heavy atom. The fourth-order valence-corrected chi connectivity index (χ4v) is 2.53. The van der Waals surface area contributed by atoms with Crippen molar-refractivity contribution in [2.45, 2.75) is 26.8 Å². The van der Waals surface area contributed by atoms with Crippen LogP contribution >= 0.6 is 0 Å². The lowest BCUT2D eigenvalue weighted by atomic mass is 10.1. The normalized spacial score (nSPS) is 12.7. The van der Waals surface area contributed by atoms with Gasteiger partial charge in [-0.3, -0.25) is 0 Å². The Balaban J connectivity index is 1.97. The number of aryl methyl sites for hydroxylation is 1. The summed E-state index contributed by atoms with van der Waals surface area (Å²) in [5.41, 5.74) is 2.96. The first kappa shape index (κ1) is 13.8. The van der Waals surface area contributed by atoms with E-state index in [0.29, 0.717) is 11.6 Å². The second-order valence-corrected chi connectivity index (χ2v) is 5.16. The molecule has 4 nitrogen and oxygen atoms in total. The molecular formula is C17H19N3O. The predicted octanol–water partition coefficient (Wildman–Crippen LogP) is 3.87. The smallest absolute Gasteiger partial charge is 0.195 e. The van der Waals surface area contributed by atoms with E-state index < -0.39 is 0 Å². The van der Waals surface area contributed by atoms with Crippen molar-refractivity contribution in [2.75, 3.05) is 6.54 Å². The highest BCUT2D eigenvalue weighted by Crippen LogP contribution is 2.26. The number of nitrogens with one attached hydrogen (secondary N) is 1. The van der Waals surface area contributed by atoms with E-state index in [1.807, 2.05) is 43.5 Å². The average Bonchev–Trinajstić information content (AvgIpc) is 2.91. The molecule has 0 spiro atoms. The van der Waals surface area contributed by atoms with Crippen LogP contribution in [0.25, 0.3) is 22.6 Å². The summed E-state index contributed by atoms with van der Waals surface area (Å²) in [6, 6.07) is 10.2. The highest BCUT2D eigenvalue weighted by Gasteiger charge is 2.13. The molecule has 1 unspecified atom stereocenters. The highest BCUT2D eigenvalue weighted by atomic mass is 16.3. The molecule has 108 valence electrons. The van der Waals surface area contributed by atoms with Gasteiger partial charge in [0, 0.05) is 28.9 Å². The Labute approximate surface area is 124 Å². The number of nitrogens with zero attached hydrogens (tertiary/aromatic N) is 2. The maximum atomic E-state index is 5.82. The quantitative estimate of drug-likeness (QED) is 0.788. The van der Waals surface area contributed by atoms with E-state index >= 15 is 0 Å². The Kier molecular flexibility index (Phi) is 3.71. The molecule has 0 fully saturated rings. The Morgan fingerprint density at radius 2 is 2.10 bits per heavy atom. The second-order valence-electron chi connectivity index (χ2n) is 5.16. The Morgan fingerprint density at radius 3 is 2.81 bits per heavy atom. The molecule has 2 heterocycles. The van der Waals surface area contributed by atoms with Crippen molar-refractivity contribution in [2.24, 2.45) is 0 Å². The second kappa shape index (κ2) is 5.66. The molecule has 0 radical (unpaired) electrons. The molecule has 3 aromatic rings. The van der Waals surface area contributed by atoms with Crippen LogP contribution in [0.15, 0.2) is 40.9 Å². The lowest BCUT2D eigenvalue weighted by Gasteiger charge is -2.14. The van der Waals surface area contributed by atoms with Crippen LogP contribution in [0.4, 0.5) is 0 Å². The standard InChI is InChI=1S/C17H19N3O/c1-4-18-11(2)14-10-19-17(20-12(14)3)16-9-13-7-5-6-8-15(13)21-16/h5-11,18H,4H2,1-3H3. The molecule has 1 aromatic carbocycles. The number of hydrogen-bond acceptors (Lipinski definition) is 4. The monoisotopic (exact) mass is 281 g/mol. The topological polar surface area (TPSA) is 51.0 Å². The SMILES string of the molecule is CCNC(C)c1cnc(-c2cc3ccccc3o2)nc1C. The zero-order valence-corrected chi connectivity index (χ0v) is 12.6. The number of fused-ring (bicyclic) bond motifs is 1. The molecule has 4 heteroatoms. The third-order valence-corrected chi connectivity index (χ3v) is 3.64. The molecule has 21 heavy (non-hydrogen) atoms. The first-order valence-corrected chi connectivity index (χ1v) is 7.25. The van der Waals surface area contributed by atoms with Gasteiger partial charge in [-0.25, -0.2) is 9.97 Å². The lowest BCUT2D eigenvalue weighted by Crippen LogP contribution is -2.19. The van der Waals surface area contributed by atoms with Gasteiger partial charge in [0.1, 0.15) is 5.58 Å². The van der Waals surface area contributed by atoms with Crippen LogP contribution in [0.5, 0.6) is 0 Å². The van der Waals surface area contributed by atoms with Gasteiger partial charge in [-0.15, -0.1) is 0 Å². The number of rotatable bonds is 4. The van der Waals surface area contributed by atoms with Crippen LogP contribution in [0.3, 0.4) is 0 Å². The molecule has 1 N–H and O–H groups in total. The number of benzene rings is 1. The molecule has 3 rings (SSSR count). The van der Waals surface area contributed by atoms with E-state index in [9.17, 15) is 0 Å². The lowest BCUT2D eigenvalue weighted by molar-refractivity contribution is 0.588. The minimum absolute atomic E-state index is 0.250. The summed E-state index contributed by atoms with van der Waals surface area (Å²) in [4.78, 5) is 9.06. The zero-order valence-electron chi connectivity index (χ0n) is 12.6. The van der Waals surface area contributed by atoms with Gasteiger partial charge < -0.3 is 9.73 Å². The summed E-state index contributed by atoms with van der Waals surface area (Å²) in [5, 5.41) is 4.45. The van der Waals surface area contributed by atoms with Gasteiger partial charge in [0.2, 0.25) is 0 Å². The summed E-state index contributed by atoms with van der Waals surface area (Å²) in [6.07, 6.45) is 1.89. The summed E-state index contributed by atoms with van der Waals surface area (Å²) >= 11 is 0. The molecule has 0 amide bonds. The first-order valence-electron chi connectivity index (χ1n) is 7.25. The maximum absolute atomic E-state index is 5.82. The van der Waals surface area contributed by atoms with Crippen molar-refractivity contribution in [3.8, 4) is 11.6 Å². The van der Waals surface area contributed by atoms with Crippen molar-refractivity contribution in [1.29, 1.82) is 0 Å². The number of furan rings is 1. The minimum Gasteiger partial charge on any atom is -0.453 e. The van der Waals surface area contributed by atoms with Gasteiger partial charge in [-0.1, -0.05) is 25.1 Å².